The van der Waals surface area contributed by atoms with E-state index in [1.165, 1.54) is 0 Å². The number of nitrogens with one attached hydrogen (secondary N) is 3. The summed E-state index contributed by atoms with van der Waals surface area (Å²) >= 11 is 0. The molecule has 0 aromatic heterocycles. The monoisotopic (exact) mass is 384 g/mol. The Hall–Kier alpha value is -2.58. The van der Waals surface area contributed by atoms with Crippen molar-refractivity contribution in [1.82, 2.24) is 20.9 Å². The van der Waals surface area contributed by atoms with Gasteiger partial charge in [0.15, 0.2) is 0 Å². The summed E-state index contributed by atoms with van der Waals surface area (Å²) in [5.74, 6) is -1.32. The van der Waals surface area contributed by atoms with Gasteiger partial charge in [-0.05, 0) is 36.6 Å². The summed E-state index contributed by atoms with van der Waals surface area (Å²) in [5.41, 5.74) is 1.56. The molecule has 1 aromatic rings. The SMILES string of the molecule is CC[C@@H]1CNC[C@@H]1NCc1ccc2c(c1)C(=O)N(C1CCC(=O)NC1=O)C2=O. The van der Waals surface area contributed by atoms with E-state index in [4.69, 9.17) is 0 Å². The van der Waals surface area contributed by atoms with E-state index in [1.54, 1.807) is 12.1 Å². The van der Waals surface area contributed by atoms with Gasteiger partial charge in [-0.25, -0.2) is 0 Å². The van der Waals surface area contributed by atoms with Crippen molar-refractivity contribution in [3.05, 3.63) is 34.9 Å². The highest BCUT2D eigenvalue weighted by atomic mass is 16.2. The van der Waals surface area contributed by atoms with Gasteiger partial charge in [0.25, 0.3) is 11.8 Å². The van der Waals surface area contributed by atoms with E-state index in [-0.39, 0.29) is 18.7 Å². The third kappa shape index (κ3) is 3.22. The molecule has 8 heteroatoms. The van der Waals surface area contributed by atoms with Crippen molar-refractivity contribution < 1.29 is 19.2 Å². The first-order chi connectivity index (χ1) is 13.5. The van der Waals surface area contributed by atoms with Crippen LogP contribution < -0.4 is 16.0 Å². The first-order valence-electron chi connectivity index (χ1n) is 9.78. The van der Waals surface area contributed by atoms with Gasteiger partial charge in [0, 0.05) is 25.6 Å². The Labute approximate surface area is 163 Å². The molecule has 0 bridgehead atoms. The average Bonchev–Trinajstić information content (AvgIpc) is 3.23. The van der Waals surface area contributed by atoms with Crippen molar-refractivity contribution in [3.8, 4) is 0 Å². The summed E-state index contributed by atoms with van der Waals surface area (Å²) in [7, 11) is 0. The maximum absolute atomic E-state index is 12.9. The Morgan fingerprint density at radius 1 is 1.11 bits per heavy atom. The lowest BCUT2D eigenvalue weighted by Gasteiger charge is -2.27. The molecule has 0 saturated carbocycles. The second-order valence-electron chi connectivity index (χ2n) is 7.64. The van der Waals surface area contributed by atoms with E-state index >= 15 is 0 Å². The van der Waals surface area contributed by atoms with Crippen LogP contribution in [0.3, 0.4) is 0 Å². The molecule has 2 fully saturated rings. The topological polar surface area (TPSA) is 108 Å². The molecular formula is C20H24N4O4. The van der Waals surface area contributed by atoms with Crippen molar-refractivity contribution >= 4 is 23.6 Å². The van der Waals surface area contributed by atoms with E-state index in [0.29, 0.717) is 29.6 Å². The van der Waals surface area contributed by atoms with Gasteiger partial charge >= 0.3 is 0 Å². The first-order valence-corrected chi connectivity index (χ1v) is 9.78. The molecule has 1 unspecified atom stereocenters. The van der Waals surface area contributed by atoms with E-state index in [1.807, 2.05) is 6.07 Å². The van der Waals surface area contributed by atoms with Gasteiger partial charge in [0.2, 0.25) is 11.8 Å². The van der Waals surface area contributed by atoms with Crippen LogP contribution in [0, 0.1) is 5.92 Å². The highest BCUT2D eigenvalue weighted by Crippen LogP contribution is 2.28. The summed E-state index contributed by atoms with van der Waals surface area (Å²) in [6.45, 7) is 4.71. The van der Waals surface area contributed by atoms with Gasteiger partial charge < -0.3 is 10.6 Å². The summed E-state index contributed by atoms with van der Waals surface area (Å²) in [5, 5.41) is 9.12. The van der Waals surface area contributed by atoms with Crippen LogP contribution >= 0.6 is 0 Å². The highest BCUT2D eigenvalue weighted by molar-refractivity contribution is 6.23. The molecule has 3 N–H and O–H groups in total. The molecule has 3 aliphatic rings. The van der Waals surface area contributed by atoms with Gasteiger partial charge in [-0.1, -0.05) is 19.4 Å². The molecule has 8 nitrogen and oxygen atoms in total. The Bertz CT molecular complexity index is 853. The molecule has 148 valence electrons. The Morgan fingerprint density at radius 3 is 2.64 bits per heavy atom. The van der Waals surface area contributed by atoms with Gasteiger partial charge in [0.05, 0.1) is 11.1 Å². The van der Waals surface area contributed by atoms with E-state index < -0.39 is 23.8 Å². The Morgan fingerprint density at radius 2 is 1.89 bits per heavy atom. The summed E-state index contributed by atoms with van der Waals surface area (Å²) in [6, 6.07) is 4.69. The van der Waals surface area contributed by atoms with E-state index in [9.17, 15) is 19.2 Å². The zero-order chi connectivity index (χ0) is 19.8. The fraction of sp³-hybridized carbons (Fsp3) is 0.500. The van der Waals surface area contributed by atoms with Crippen LogP contribution in [0.15, 0.2) is 18.2 Å². The molecule has 4 rings (SSSR count). The molecule has 0 aliphatic carbocycles. The fourth-order valence-corrected chi connectivity index (χ4v) is 4.28. The molecule has 3 atom stereocenters. The van der Waals surface area contributed by atoms with Gasteiger partial charge in [-0.15, -0.1) is 0 Å². The average molecular weight is 384 g/mol. The largest absolute Gasteiger partial charge is 0.315 e. The predicted octanol–water partition coefficient (Wildman–Crippen LogP) is 0.175. The fourth-order valence-electron chi connectivity index (χ4n) is 4.28. The lowest BCUT2D eigenvalue weighted by molar-refractivity contribution is -0.136. The molecule has 0 radical (unpaired) electrons. The maximum atomic E-state index is 12.9. The second kappa shape index (κ2) is 7.44. The first kappa shape index (κ1) is 18.8. The normalized spacial score (nSPS) is 27.3. The van der Waals surface area contributed by atoms with Gasteiger partial charge in [0.1, 0.15) is 6.04 Å². The number of benzene rings is 1. The third-order valence-corrected chi connectivity index (χ3v) is 5.94. The van der Waals surface area contributed by atoms with Crippen molar-refractivity contribution in [3.63, 3.8) is 0 Å². The lowest BCUT2D eigenvalue weighted by atomic mass is 10.00. The number of rotatable bonds is 5. The Balaban J connectivity index is 1.49. The number of piperidine rings is 1. The van der Waals surface area contributed by atoms with E-state index in [0.717, 1.165) is 30.0 Å². The third-order valence-electron chi connectivity index (χ3n) is 5.94. The Kier molecular flexibility index (Phi) is 4.99. The number of amides is 4. The second-order valence-corrected chi connectivity index (χ2v) is 7.64. The van der Waals surface area contributed by atoms with Gasteiger partial charge in [-0.2, -0.15) is 0 Å². The molecule has 3 aliphatic heterocycles. The van der Waals surface area contributed by atoms with Crippen molar-refractivity contribution in [2.24, 2.45) is 5.92 Å². The zero-order valence-electron chi connectivity index (χ0n) is 15.8. The van der Waals surface area contributed by atoms with Crippen LogP contribution in [0.4, 0.5) is 0 Å². The molecule has 1 aromatic carbocycles. The number of carbonyl (C=O) groups excluding carboxylic acids is 4. The van der Waals surface area contributed by atoms with E-state index in [2.05, 4.69) is 22.9 Å². The van der Waals surface area contributed by atoms with Crippen molar-refractivity contribution in [2.75, 3.05) is 13.1 Å². The summed E-state index contributed by atoms with van der Waals surface area (Å²) in [4.78, 5) is 50.0. The quantitative estimate of drug-likeness (QED) is 0.625. The standard InChI is InChI=1S/C20H24N4O4/c1-2-12-9-21-10-15(12)22-8-11-3-4-13-14(7-11)20(28)24(19(13)27)16-5-6-17(25)23-18(16)26/h3-4,7,12,15-16,21-22H,2,5-6,8-10H2,1H3,(H,23,25,26)/t12-,15+,16?/m1/s1. The minimum absolute atomic E-state index is 0.118. The number of imide groups is 2. The summed E-state index contributed by atoms with van der Waals surface area (Å²) < 4.78 is 0. The summed E-state index contributed by atoms with van der Waals surface area (Å²) in [6.07, 6.45) is 1.38. The van der Waals surface area contributed by atoms with Crippen LogP contribution in [-0.2, 0) is 16.1 Å². The van der Waals surface area contributed by atoms with Crippen molar-refractivity contribution in [1.29, 1.82) is 0 Å². The zero-order valence-corrected chi connectivity index (χ0v) is 15.8. The molecule has 28 heavy (non-hydrogen) atoms. The molecule has 3 heterocycles. The van der Waals surface area contributed by atoms with Crippen molar-refractivity contribution in [2.45, 2.75) is 44.8 Å². The van der Waals surface area contributed by atoms with Gasteiger partial charge in [-0.3, -0.25) is 29.4 Å². The predicted molar refractivity (Wildman–Crippen MR) is 100 cm³/mol. The number of fused-ring (bicyclic) bond motifs is 1. The van der Waals surface area contributed by atoms with Crippen LogP contribution in [0.5, 0.6) is 0 Å². The molecule has 4 amide bonds. The number of nitrogens with zero attached hydrogens (tertiary/aromatic N) is 1. The number of carbonyl (C=O) groups is 4. The number of hydrogen-bond acceptors (Lipinski definition) is 6. The number of hydrogen-bond donors (Lipinski definition) is 3. The minimum atomic E-state index is -0.929. The molecule has 0 spiro atoms. The van der Waals surface area contributed by atoms with Crippen LogP contribution in [-0.4, -0.2) is 53.7 Å². The van der Waals surface area contributed by atoms with Crippen LogP contribution in [0.25, 0.3) is 0 Å². The van der Waals surface area contributed by atoms with Crippen LogP contribution in [0.1, 0.15) is 52.5 Å². The highest BCUT2D eigenvalue weighted by Gasteiger charge is 2.44. The maximum Gasteiger partial charge on any atom is 0.262 e. The lowest BCUT2D eigenvalue weighted by Crippen LogP contribution is -2.54. The molecule has 2 saturated heterocycles. The molecular weight excluding hydrogens is 360 g/mol. The van der Waals surface area contributed by atoms with Crippen LogP contribution in [0.2, 0.25) is 0 Å². The minimum Gasteiger partial charge on any atom is -0.315 e. The smallest absolute Gasteiger partial charge is 0.262 e.